The summed E-state index contributed by atoms with van der Waals surface area (Å²) in [7, 11) is 0. The molecule has 8 nitrogen and oxygen atoms in total. The summed E-state index contributed by atoms with van der Waals surface area (Å²) < 4.78 is 10.9. The molecule has 0 aliphatic carbocycles. The Morgan fingerprint density at radius 1 is 1.06 bits per heavy atom. The first kappa shape index (κ1) is 20.2. The van der Waals surface area contributed by atoms with Gasteiger partial charge in [-0.3, -0.25) is 19.6 Å². The third-order valence-corrected chi connectivity index (χ3v) is 6.45. The SMILES string of the molecule is Cc1cnc(C(=O)N2CCC[C@H](N3CCN(Cc4ccc5c(c4)OCO5)CC3)C2)cn1. The van der Waals surface area contributed by atoms with Crippen molar-refractivity contribution < 1.29 is 14.3 Å². The summed E-state index contributed by atoms with van der Waals surface area (Å²) in [4.78, 5) is 28.3. The minimum absolute atomic E-state index is 0.00126. The molecular weight excluding hydrogens is 394 g/mol. The van der Waals surface area contributed by atoms with Crippen LogP contribution in [0.25, 0.3) is 0 Å². The largest absolute Gasteiger partial charge is 0.454 e. The van der Waals surface area contributed by atoms with Crippen molar-refractivity contribution in [2.75, 3.05) is 46.1 Å². The van der Waals surface area contributed by atoms with Crippen molar-refractivity contribution in [2.45, 2.75) is 32.4 Å². The molecule has 0 N–H and O–H groups in total. The quantitative estimate of drug-likeness (QED) is 0.744. The highest BCUT2D eigenvalue weighted by Crippen LogP contribution is 2.33. The molecule has 3 aliphatic heterocycles. The number of amides is 1. The Bertz CT molecular complexity index is 927. The van der Waals surface area contributed by atoms with Crippen LogP contribution in [0.3, 0.4) is 0 Å². The van der Waals surface area contributed by atoms with Crippen molar-refractivity contribution in [3.8, 4) is 11.5 Å². The summed E-state index contributed by atoms with van der Waals surface area (Å²) in [5.41, 5.74) is 2.53. The molecule has 0 bridgehead atoms. The average molecular weight is 424 g/mol. The van der Waals surface area contributed by atoms with Crippen LogP contribution in [0.4, 0.5) is 0 Å². The summed E-state index contributed by atoms with van der Waals surface area (Å²) >= 11 is 0. The molecule has 2 fully saturated rings. The maximum absolute atomic E-state index is 12.9. The standard InChI is InChI=1S/C23H29N5O3/c1-17-12-25-20(13-24-17)23(29)28-6-2-3-19(15-28)27-9-7-26(8-10-27)14-18-4-5-21-22(11-18)31-16-30-21/h4-5,11-13,19H,2-3,6-10,14-16H2,1H3/t19-/m0/s1. The Morgan fingerprint density at radius 3 is 2.71 bits per heavy atom. The van der Waals surface area contributed by atoms with Crippen LogP contribution < -0.4 is 9.47 Å². The normalized spacial score (nSPS) is 22.0. The van der Waals surface area contributed by atoms with Crippen LogP contribution in [0.2, 0.25) is 0 Å². The van der Waals surface area contributed by atoms with Gasteiger partial charge in [0.2, 0.25) is 6.79 Å². The number of carbonyl (C=O) groups excluding carboxylic acids is 1. The van der Waals surface area contributed by atoms with Crippen LogP contribution >= 0.6 is 0 Å². The van der Waals surface area contributed by atoms with Crippen LogP contribution in [0, 0.1) is 6.92 Å². The Morgan fingerprint density at radius 2 is 1.90 bits per heavy atom. The van der Waals surface area contributed by atoms with Crippen LogP contribution in [0.5, 0.6) is 11.5 Å². The topological polar surface area (TPSA) is 71.0 Å². The van der Waals surface area contributed by atoms with Gasteiger partial charge in [-0.15, -0.1) is 0 Å². The van der Waals surface area contributed by atoms with E-state index in [9.17, 15) is 4.79 Å². The number of carbonyl (C=O) groups is 1. The van der Waals surface area contributed by atoms with E-state index in [1.54, 1.807) is 12.4 Å². The predicted octanol–water partition coefficient (Wildman–Crippen LogP) is 1.94. The third kappa shape index (κ3) is 4.50. The van der Waals surface area contributed by atoms with Crippen LogP contribution in [0.1, 0.15) is 34.6 Å². The number of ether oxygens (including phenoxy) is 2. The van der Waals surface area contributed by atoms with Gasteiger partial charge in [0.1, 0.15) is 5.69 Å². The summed E-state index contributed by atoms with van der Waals surface area (Å²) in [6.07, 6.45) is 5.43. The molecule has 4 heterocycles. The number of nitrogens with zero attached hydrogens (tertiary/aromatic N) is 5. The number of piperazine rings is 1. The number of benzene rings is 1. The molecule has 1 atom stereocenters. The molecule has 0 unspecified atom stereocenters. The number of fused-ring (bicyclic) bond motifs is 1. The zero-order chi connectivity index (χ0) is 21.2. The van der Waals surface area contributed by atoms with Gasteiger partial charge >= 0.3 is 0 Å². The highest BCUT2D eigenvalue weighted by molar-refractivity contribution is 5.92. The van der Waals surface area contributed by atoms with E-state index in [4.69, 9.17) is 9.47 Å². The van der Waals surface area contributed by atoms with E-state index >= 15 is 0 Å². The van der Waals surface area contributed by atoms with Crippen LogP contribution in [-0.2, 0) is 6.54 Å². The van der Waals surface area contributed by atoms with Gasteiger partial charge in [-0.25, -0.2) is 4.98 Å². The summed E-state index contributed by atoms with van der Waals surface area (Å²) in [6.45, 7) is 8.81. The van der Waals surface area contributed by atoms with E-state index in [0.29, 0.717) is 18.5 Å². The molecule has 31 heavy (non-hydrogen) atoms. The van der Waals surface area contributed by atoms with Crippen LogP contribution in [0.15, 0.2) is 30.6 Å². The van der Waals surface area contributed by atoms with Crippen molar-refractivity contribution in [3.05, 3.63) is 47.5 Å². The highest BCUT2D eigenvalue weighted by atomic mass is 16.7. The maximum Gasteiger partial charge on any atom is 0.274 e. The van der Waals surface area contributed by atoms with Crippen molar-refractivity contribution in [2.24, 2.45) is 0 Å². The van der Waals surface area contributed by atoms with E-state index in [1.165, 1.54) is 5.56 Å². The van der Waals surface area contributed by atoms with Crippen molar-refractivity contribution in [1.82, 2.24) is 24.7 Å². The van der Waals surface area contributed by atoms with E-state index < -0.39 is 0 Å². The third-order valence-electron chi connectivity index (χ3n) is 6.45. The second-order valence-corrected chi connectivity index (χ2v) is 8.59. The van der Waals surface area contributed by atoms with Gasteiger partial charge in [0.15, 0.2) is 11.5 Å². The monoisotopic (exact) mass is 423 g/mol. The van der Waals surface area contributed by atoms with Gasteiger partial charge in [0.05, 0.1) is 11.9 Å². The maximum atomic E-state index is 12.9. The molecule has 0 saturated carbocycles. The summed E-state index contributed by atoms with van der Waals surface area (Å²) in [5.74, 6) is 1.68. The molecule has 1 amide bonds. The van der Waals surface area contributed by atoms with Crippen molar-refractivity contribution in [3.63, 3.8) is 0 Å². The molecule has 1 aromatic carbocycles. The fourth-order valence-electron chi connectivity index (χ4n) is 4.69. The summed E-state index contributed by atoms with van der Waals surface area (Å²) in [5, 5.41) is 0. The molecular formula is C23H29N5O3. The number of hydrogen-bond donors (Lipinski definition) is 0. The van der Waals surface area contributed by atoms with Gasteiger partial charge in [-0.1, -0.05) is 6.07 Å². The smallest absolute Gasteiger partial charge is 0.274 e. The molecule has 5 rings (SSSR count). The second-order valence-electron chi connectivity index (χ2n) is 8.59. The van der Waals surface area contributed by atoms with E-state index in [2.05, 4.69) is 31.9 Å². The van der Waals surface area contributed by atoms with E-state index in [-0.39, 0.29) is 5.91 Å². The Labute approximate surface area is 182 Å². The van der Waals surface area contributed by atoms with Gasteiger partial charge in [-0.2, -0.15) is 0 Å². The highest BCUT2D eigenvalue weighted by Gasteiger charge is 2.31. The van der Waals surface area contributed by atoms with E-state index in [0.717, 1.165) is 75.8 Å². The molecule has 8 heteroatoms. The number of piperidine rings is 1. The van der Waals surface area contributed by atoms with Crippen molar-refractivity contribution >= 4 is 5.91 Å². The number of aryl methyl sites for hydroxylation is 1. The van der Waals surface area contributed by atoms with Gasteiger partial charge in [-0.05, 0) is 37.5 Å². The first-order valence-corrected chi connectivity index (χ1v) is 11.1. The molecule has 1 aromatic heterocycles. The number of aromatic nitrogens is 2. The molecule has 0 spiro atoms. The molecule has 3 aliphatic rings. The van der Waals surface area contributed by atoms with E-state index in [1.807, 2.05) is 17.9 Å². The van der Waals surface area contributed by atoms with Gasteiger partial charge < -0.3 is 14.4 Å². The Kier molecular flexibility index (Phi) is 5.74. The lowest BCUT2D eigenvalue weighted by Gasteiger charge is -2.43. The van der Waals surface area contributed by atoms with Crippen molar-refractivity contribution in [1.29, 1.82) is 0 Å². The lowest BCUT2D eigenvalue weighted by molar-refractivity contribution is 0.0404. The van der Waals surface area contributed by atoms with Crippen LogP contribution in [-0.4, -0.2) is 82.7 Å². The molecule has 164 valence electrons. The predicted molar refractivity (Wildman–Crippen MR) is 115 cm³/mol. The number of hydrogen-bond acceptors (Lipinski definition) is 7. The second kappa shape index (κ2) is 8.80. The molecule has 2 saturated heterocycles. The lowest BCUT2D eigenvalue weighted by atomic mass is 10.0. The minimum atomic E-state index is -0.00126. The zero-order valence-electron chi connectivity index (χ0n) is 18.0. The first-order chi connectivity index (χ1) is 15.2. The number of likely N-dealkylation sites (tertiary alicyclic amines) is 1. The summed E-state index contributed by atoms with van der Waals surface area (Å²) in [6, 6.07) is 6.63. The molecule has 2 aromatic rings. The Balaban J connectivity index is 1.14. The molecule has 0 radical (unpaired) electrons. The first-order valence-electron chi connectivity index (χ1n) is 11.1. The Hall–Kier alpha value is -2.71. The fraction of sp³-hybridized carbons (Fsp3) is 0.522. The van der Waals surface area contributed by atoms with Gasteiger partial charge in [0.25, 0.3) is 5.91 Å². The average Bonchev–Trinajstić information content (AvgIpc) is 3.28. The lowest BCUT2D eigenvalue weighted by Crippen LogP contribution is -2.55. The zero-order valence-corrected chi connectivity index (χ0v) is 18.0. The fourth-order valence-corrected chi connectivity index (χ4v) is 4.69. The van der Waals surface area contributed by atoms with Gasteiger partial charge in [0, 0.05) is 58.1 Å². The minimum Gasteiger partial charge on any atom is -0.454 e. The number of rotatable bonds is 4.